The molecule has 32 heavy (non-hydrogen) atoms. The highest BCUT2D eigenvalue weighted by Gasteiger charge is 2.24. The molecule has 7 nitrogen and oxygen atoms in total. The van der Waals surface area contributed by atoms with Gasteiger partial charge in [0.1, 0.15) is 6.10 Å². The van der Waals surface area contributed by atoms with Crippen molar-refractivity contribution in [1.29, 1.82) is 0 Å². The van der Waals surface area contributed by atoms with E-state index < -0.39 is 16.9 Å². The summed E-state index contributed by atoms with van der Waals surface area (Å²) in [5.41, 5.74) is 2.19. The molecule has 1 atom stereocenters. The Balaban J connectivity index is 1.70. The molecule has 0 aromatic heterocycles. The number of nitro benzene ring substituents is 1. The second-order valence-corrected chi connectivity index (χ2v) is 8.09. The van der Waals surface area contributed by atoms with Crippen LogP contribution in [0.5, 0.6) is 0 Å². The molecule has 0 radical (unpaired) electrons. The van der Waals surface area contributed by atoms with Crippen molar-refractivity contribution in [3.05, 3.63) is 98.6 Å². The molecule has 164 valence electrons. The largest absolute Gasteiger partial charge is 0.384 e. The van der Waals surface area contributed by atoms with Gasteiger partial charge in [-0.2, -0.15) is 0 Å². The number of non-ortho nitro benzene ring substituents is 1. The summed E-state index contributed by atoms with van der Waals surface area (Å²) in [5, 5.41) is 25.5. The fourth-order valence-electron chi connectivity index (χ4n) is 3.93. The average molecular weight is 452 g/mol. The van der Waals surface area contributed by atoms with Gasteiger partial charge >= 0.3 is 0 Å². The molecule has 4 rings (SSSR count). The Morgan fingerprint density at radius 2 is 1.78 bits per heavy atom. The fourth-order valence-corrected chi connectivity index (χ4v) is 4.11. The summed E-state index contributed by atoms with van der Waals surface area (Å²) < 4.78 is 0. The summed E-state index contributed by atoms with van der Waals surface area (Å²) in [6.07, 6.45) is 0.999. The zero-order chi connectivity index (χ0) is 22.7. The van der Waals surface area contributed by atoms with Crippen LogP contribution in [-0.4, -0.2) is 29.0 Å². The van der Waals surface area contributed by atoms with E-state index in [0.717, 1.165) is 25.9 Å². The minimum atomic E-state index is -1.01. The number of carbonyl (C=O) groups excluding carboxylic acids is 1. The molecule has 0 bridgehead atoms. The molecule has 1 aliphatic rings. The molecule has 1 fully saturated rings. The third kappa shape index (κ3) is 4.59. The molecule has 0 aliphatic carbocycles. The first-order valence-electron chi connectivity index (χ1n) is 10.3. The topological polar surface area (TPSA) is 95.7 Å². The van der Waals surface area contributed by atoms with Gasteiger partial charge in [-0.15, -0.1) is 0 Å². The number of aliphatic hydroxyl groups excluding tert-OH is 1. The second-order valence-electron chi connectivity index (χ2n) is 7.65. The molecule has 2 N–H and O–H groups in total. The van der Waals surface area contributed by atoms with E-state index in [1.807, 2.05) is 18.2 Å². The number of nitro groups is 1. The summed E-state index contributed by atoms with van der Waals surface area (Å²) in [7, 11) is 0. The first-order valence-corrected chi connectivity index (χ1v) is 10.7. The maximum absolute atomic E-state index is 13.3. The van der Waals surface area contributed by atoms with Crippen LogP contribution < -0.4 is 10.2 Å². The Hall–Kier alpha value is -3.42. The van der Waals surface area contributed by atoms with E-state index in [-0.39, 0.29) is 11.3 Å². The lowest BCUT2D eigenvalue weighted by molar-refractivity contribution is -0.384. The molecular formula is C24H22ClN3O4. The first-order chi connectivity index (χ1) is 15.4. The Morgan fingerprint density at radius 1 is 1.06 bits per heavy atom. The number of hydrogen-bond acceptors (Lipinski definition) is 5. The number of nitrogens with zero attached hydrogens (tertiary/aromatic N) is 2. The van der Waals surface area contributed by atoms with Crippen molar-refractivity contribution in [1.82, 2.24) is 0 Å². The van der Waals surface area contributed by atoms with Gasteiger partial charge in [-0.05, 0) is 42.7 Å². The van der Waals surface area contributed by atoms with Crippen molar-refractivity contribution in [2.24, 2.45) is 0 Å². The van der Waals surface area contributed by atoms with E-state index in [9.17, 15) is 20.0 Å². The summed E-state index contributed by atoms with van der Waals surface area (Å²) in [4.78, 5) is 26.1. The zero-order valence-corrected chi connectivity index (χ0v) is 18.0. The van der Waals surface area contributed by atoms with Crippen LogP contribution in [-0.2, 0) is 0 Å². The van der Waals surface area contributed by atoms with Gasteiger partial charge in [-0.1, -0.05) is 41.9 Å². The van der Waals surface area contributed by atoms with E-state index >= 15 is 0 Å². The van der Waals surface area contributed by atoms with E-state index in [1.54, 1.807) is 36.4 Å². The number of carbonyl (C=O) groups is 1. The average Bonchev–Trinajstić information content (AvgIpc) is 3.34. The predicted octanol–water partition coefficient (Wildman–Crippen LogP) is 5.18. The van der Waals surface area contributed by atoms with Crippen molar-refractivity contribution in [2.75, 3.05) is 23.3 Å². The predicted molar refractivity (Wildman–Crippen MR) is 124 cm³/mol. The lowest BCUT2D eigenvalue weighted by Crippen LogP contribution is -2.23. The van der Waals surface area contributed by atoms with Gasteiger partial charge in [0.25, 0.3) is 11.6 Å². The monoisotopic (exact) mass is 451 g/mol. The molecule has 0 saturated carbocycles. The number of hydrogen-bond donors (Lipinski definition) is 2. The first kappa shape index (κ1) is 21.8. The summed E-state index contributed by atoms with van der Waals surface area (Å²) >= 11 is 6.16. The van der Waals surface area contributed by atoms with Crippen molar-refractivity contribution < 1.29 is 14.8 Å². The number of halogens is 1. The third-order valence-electron chi connectivity index (χ3n) is 5.55. The summed E-state index contributed by atoms with van der Waals surface area (Å²) in [5.74, 6) is -0.487. The number of amides is 1. The van der Waals surface area contributed by atoms with Crippen molar-refractivity contribution in [3.8, 4) is 0 Å². The van der Waals surface area contributed by atoms with E-state index in [2.05, 4.69) is 10.2 Å². The lowest BCUT2D eigenvalue weighted by atomic mass is 9.99. The lowest BCUT2D eigenvalue weighted by Gasteiger charge is -2.22. The van der Waals surface area contributed by atoms with E-state index in [4.69, 9.17) is 11.6 Å². The number of nitrogens with one attached hydrogen (secondary N) is 1. The van der Waals surface area contributed by atoms with Crippen molar-refractivity contribution in [2.45, 2.75) is 18.9 Å². The molecule has 1 heterocycles. The Kier molecular flexibility index (Phi) is 6.39. The van der Waals surface area contributed by atoms with Crippen LogP contribution in [0.3, 0.4) is 0 Å². The van der Waals surface area contributed by atoms with Crippen LogP contribution in [0.2, 0.25) is 5.02 Å². The van der Waals surface area contributed by atoms with Crippen LogP contribution in [0.4, 0.5) is 17.1 Å². The molecule has 0 spiro atoms. The Bertz CT molecular complexity index is 1150. The number of rotatable bonds is 6. The van der Waals surface area contributed by atoms with Gasteiger partial charge in [0.15, 0.2) is 0 Å². The smallest absolute Gasteiger partial charge is 0.270 e. The van der Waals surface area contributed by atoms with Crippen LogP contribution in [0.1, 0.15) is 40.4 Å². The van der Waals surface area contributed by atoms with Crippen LogP contribution >= 0.6 is 11.6 Å². The molecule has 3 aromatic carbocycles. The second kappa shape index (κ2) is 9.38. The van der Waals surface area contributed by atoms with Gasteiger partial charge in [0, 0.05) is 41.5 Å². The molecule has 1 amide bonds. The maximum Gasteiger partial charge on any atom is 0.270 e. The van der Waals surface area contributed by atoms with E-state index in [0.29, 0.717) is 27.5 Å². The highest BCUT2D eigenvalue weighted by atomic mass is 35.5. The standard InChI is InChI=1S/C24H22ClN3O4/c25-17-8-10-21(19(14-17)23(29)16-6-2-1-3-7-16)26-24(30)20-15-18(28(31)32)9-11-22(20)27-12-4-5-13-27/h1-3,6-11,14-15,23,29H,4-5,12-13H2,(H,26,30)/t23-/m1/s1. The molecular weight excluding hydrogens is 430 g/mol. The van der Waals surface area contributed by atoms with E-state index in [1.165, 1.54) is 12.1 Å². The maximum atomic E-state index is 13.3. The SMILES string of the molecule is O=C(Nc1ccc(Cl)cc1[C@H](O)c1ccccc1)c1cc([N+](=O)[O-])ccc1N1CCCC1. The minimum Gasteiger partial charge on any atom is -0.384 e. The summed E-state index contributed by atoms with van der Waals surface area (Å²) in [6.45, 7) is 1.58. The van der Waals surface area contributed by atoms with Crippen LogP contribution in [0, 0.1) is 10.1 Å². The quantitative estimate of drug-likeness (QED) is 0.397. The molecule has 1 aliphatic heterocycles. The fraction of sp³-hybridized carbons (Fsp3) is 0.208. The van der Waals surface area contributed by atoms with Gasteiger partial charge in [-0.25, -0.2) is 0 Å². The van der Waals surface area contributed by atoms with Crippen molar-refractivity contribution >= 4 is 34.6 Å². The molecule has 1 saturated heterocycles. The number of benzene rings is 3. The Labute approximate surface area is 190 Å². The van der Waals surface area contributed by atoms with Crippen molar-refractivity contribution in [3.63, 3.8) is 0 Å². The normalized spacial score (nSPS) is 14.2. The third-order valence-corrected chi connectivity index (χ3v) is 5.79. The summed E-state index contributed by atoms with van der Waals surface area (Å²) in [6, 6.07) is 18.2. The van der Waals surface area contributed by atoms with Gasteiger partial charge in [0.05, 0.1) is 16.2 Å². The highest BCUT2D eigenvalue weighted by molar-refractivity contribution is 6.30. The Morgan fingerprint density at radius 3 is 2.47 bits per heavy atom. The number of anilines is 2. The van der Waals surface area contributed by atoms with Gasteiger partial charge < -0.3 is 15.3 Å². The zero-order valence-electron chi connectivity index (χ0n) is 17.2. The van der Waals surface area contributed by atoms with Gasteiger partial charge in [-0.3, -0.25) is 14.9 Å². The van der Waals surface area contributed by atoms with Crippen LogP contribution in [0.25, 0.3) is 0 Å². The minimum absolute atomic E-state index is 0.154. The molecule has 3 aromatic rings. The number of aliphatic hydroxyl groups is 1. The van der Waals surface area contributed by atoms with Crippen LogP contribution in [0.15, 0.2) is 66.7 Å². The molecule has 8 heteroatoms. The van der Waals surface area contributed by atoms with Gasteiger partial charge in [0.2, 0.25) is 0 Å². The highest BCUT2D eigenvalue weighted by Crippen LogP contribution is 2.33. The molecule has 0 unspecified atom stereocenters.